The molecular formula is C21H26N2O5. The van der Waals surface area contributed by atoms with E-state index in [0.717, 1.165) is 11.3 Å². The fourth-order valence-electron chi connectivity index (χ4n) is 3.48. The number of benzene rings is 1. The third-order valence-electron chi connectivity index (χ3n) is 5.03. The van der Waals surface area contributed by atoms with E-state index in [1.807, 2.05) is 24.3 Å². The van der Waals surface area contributed by atoms with Crippen molar-refractivity contribution in [2.45, 2.75) is 19.4 Å². The van der Waals surface area contributed by atoms with Crippen LogP contribution in [0.1, 0.15) is 17.7 Å². The molecule has 1 unspecified atom stereocenters. The first kappa shape index (κ1) is 19.8. The Bertz CT molecular complexity index is 818. The second kappa shape index (κ2) is 8.82. The highest BCUT2D eigenvalue weighted by Crippen LogP contribution is 2.28. The normalized spacial score (nSPS) is 16.3. The molecule has 0 aliphatic carbocycles. The Kier molecular flexibility index (Phi) is 6.23. The average molecular weight is 386 g/mol. The van der Waals surface area contributed by atoms with Gasteiger partial charge in [0.05, 0.1) is 32.9 Å². The van der Waals surface area contributed by atoms with Crippen LogP contribution in [0.2, 0.25) is 0 Å². The molecule has 1 saturated heterocycles. The van der Waals surface area contributed by atoms with Crippen molar-refractivity contribution in [1.29, 1.82) is 0 Å². The number of amides is 2. The molecule has 2 heterocycles. The van der Waals surface area contributed by atoms with Crippen molar-refractivity contribution in [3.63, 3.8) is 0 Å². The molecule has 2 amide bonds. The SMILES string of the molecule is COc1ccc(CCN2CC(C(=O)N(C)Cc3ccco3)CC2=O)cc1OC. The van der Waals surface area contributed by atoms with Gasteiger partial charge in [0.25, 0.3) is 0 Å². The summed E-state index contributed by atoms with van der Waals surface area (Å²) in [6.07, 6.45) is 2.53. The third-order valence-corrected chi connectivity index (χ3v) is 5.03. The number of methoxy groups -OCH3 is 2. The highest BCUT2D eigenvalue weighted by atomic mass is 16.5. The van der Waals surface area contributed by atoms with E-state index in [9.17, 15) is 9.59 Å². The van der Waals surface area contributed by atoms with Gasteiger partial charge in [0.1, 0.15) is 5.76 Å². The monoisotopic (exact) mass is 386 g/mol. The number of ether oxygens (including phenoxy) is 2. The first-order valence-electron chi connectivity index (χ1n) is 9.28. The molecule has 0 saturated carbocycles. The van der Waals surface area contributed by atoms with Crippen LogP contribution in [0.3, 0.4) is 0 Å². The van der Waals surface area contributed by atoms with Crippen molar-refractivity contribution in [3.8, 4) is 11.5 Å². The molecule has 150 valence electrons. The second-order valence-corrected chi connectivity index (χ2v) is 6.95. The maximum absolute atomic E-state index is 12.7. The van der Waals surface area contributed by atoms with E-state index in [-0.39, 0.29) is 24.2 Å². The Balaban J connectivity index is 1.55. The van der Waals surface area contributed by atoms with Gasteiger partial charge in [-0.25, -0.2) is 0 Å². The van der Waals surface area contributed by atoms with Gasteiger partial charge in [0.15, 0.2) is 11.5 Å². The molecule has 0 radical (unpaired) electrons. The van der Waals surface area contributed by atoms with Crippen LogP contribution in [0.15, 0.2) is 41.0 Å². The summed E-state index contributed by atoms with van der Waals surface area (Å²) in [7, 11) is 4.93. The Labute approximate surface area is 164 Å². The van der Waals surface area contributed by atoms with Gasteiger partial charge in [-0.2, -0.15) is 0 Å². The number of likely N-dealkylation sites (tertiary alicyclic amines) is 1. The summed E-state index contributed by atoms with van der Waals surface area (Å²) in [5.74, 6) is 1.75. The minimum absolute atomic E-state index is 0.0187. The van der Waals surface area contributed by atoms with E-state index in [0.29, 0.717) is 37.6 Å². The predicted molar refractivity (Wildman–Crippen MR) is 103 cm³/mol. The zero-order chi connectivity index (χ0) is 20.1. The number of rotatable bonds is 8. The molecule has 1 fully saturated rings. The standard InChI is InChI=1S/C21H26N2O5/c1-22(14-17-5-4-10-28-17)21(25)16-12-20(24)23(13-16)9-8-15-6-7-18(26-2)19(11-15)27-3/h4-7,10-11,16H,8-9,12-14H2,1-3H3. The maximum atomic E-state index is 12.7. The van der Waals surface area contributed by atoms with Crippen molar-refractivity contribution in [1.82, 2.24) is 9.80 Å². The second-order valence-electron chi connectivity index (χ2n) is 6.95. The lowest BCUT2D eigenvalue weighted by atomic mass is 10.1. The van der Waals surface area contributed by atoms with E-state index >= 15 is 0 Å². The first-order valence-corrected chi connectivity index (χ1v) is 9.28. The van der Waals surface area contributed by atoms with Crippen LogP contribution >= 0.6 is 0 Å². The lowest BCUT2D eigenvalue weighted by molar-refractivity contribution is -0.135. The van der Waals surface area contributed by atoms with Gasteiger partial charge in [-0.05, 0) is 36.2 Å². The Morgan fingerprint density at radius 2 is 2.04 bits per heavy atom. The maximum Gasteiger partial charge on any atom is 0.228 e. The zero-order valence-electron chi connectivity index (χ0n) is 16.5. The van der Waals surface area contributed by atoms with Crippen LogP contribution in [0.25, 0.3) is 0 Å². The highest BCUT2D eigenvalue weighted by Gasteiger charge is 2.35. The van der Waals surface area contributed by atoms with E-state index in [1.165, 1.54) is 0 Å². The molecule has 7 nitrogen and oxygen atoms in total. The predicted octanol–water partition coefficient (Wildman–Crippen LogP) is 2.35. The van der Waals surface area contributed by atoms with Crippen molar-refractivity contribution in [3.05, 3.63) is 47.9 Å². The number of furan rings is 1. The van der Waals surface area contributed by atoms with Crippen LogP contribution < -0.4 is 9.47 Å². The smallest absolute Gasteiger partial charge is 0.228 e. The van der Waals surface area contributed by atoms with Gasteiger partial charge in [0.2, 0.25) is 11.8 Å². The van der Waals surface area contributed by atoms with E-state index < -0.39 is 0 Å². The lowest BCUT2D eigenvalue weighted by Gasteiger charge is -2.21. The highest BCUT2D eigenvalue weighted by molar-refractivity contribution is 5.89. The van der Waals surface area contributed by atoms with Crippen molar-refractivity contribution in [2.24, 2.45) is 5.92 Å². The number of carbonyl (C=O) groups excluding carboxylic acids is 2. The molecule has 0 spiro atoms. The number of nitrogens with zero attached hydrogens (tertiary/aromatic N) is 2. The summed E-state index contributed by atoms with van der Waals surface area (Å²) in [4.78, 5) is 28.4. The molecule has 0 N–H and O–H groups in total. The molecule has 1 aliphatic rings. The lowest BCUT2D eigenvalue weighted by Crippen LogP contribution is -2.34. The van der Waals surface area contributed by atoms with Gasteiger partial charge in [0, 0.05) is 26.6 Å². The van der Waals surface area contributed by atoms with Gasteiger partial charge in [-0.15, -0.1) is 0 Å². The Hall–Kier alpha value is -2.96. The van der Waals surface area contributed by atoms with Crippen molar-refractivity contribution < 1.29 is 23.5 Å². The summed E-state index contributed by atoms with van der Waals surface area (Å²) in [6.45, 7) is 1.43. The van der Waals surface area contributed by atoms with Crippen molar-refractivity contribution in [2.75, 3.05) is 34.4 Å². The van der Waals surface area contributed by atoms with Gasteiger partial charge >= 0.3 is 0 Å². The van der Waals surface area contributed by atoms with Gasteiger partial charge < -0.3 is 23.7 Å². The molecule has 1 aromatic carbocycles. The molecule has 1 aromatic heterocycles. The fourth-order valence-corrected chi connectivity index (χ4v) is 3.48. The molecule has 1 atom stereocenters. The average Bonchev–Trinajstić information content (AvgIpc) is 3.35. The summed E-state index contributed by atoms with van der Waals surface area (Å²) in [5.41, 5.74) is 1.05. The van der Waals surface area contributed by atoms with Gasteiger partial charge in [-0.1, -0.05) is 6.07 Å². The minimum atomic E-state index is -0.308. The Morgan fingerprint density at radius 3 is 2.71 bits per heavy atom. The van der Waals surface area contributed by atoms with Crippen molar-refractivity contribution >= 4 is 11.8 Å². The zero-order valence-corrected chi connectivity index (χ0v) is 16.5. The third kappa shape index (κ3) is 4.47. The number of carbonyl (C=O) groups is 2. The summed E-state index contributed by atoms with van der Waals surface area (Å²) >= 11 is 0. The Morgan fingerprint density at radius 1 is 1.25 bits per heavy atom. The first-order chi connectivity index (χ1) is 13.5. The van der Waals surface area contributed by atoms with Crippen LogP contribution in [0.5, 0.6) is 11.5 Å². The van der Waals surface area contributed by atoms with Crippen LogP contribution in [-0.4, -0.2) is 56.0 Å². The quantitative estimate of drug-likeness (QED) is 0.696. The molecular weight excluding hydrogens is 360 g/mol. The van der Waals surface area contributed by atoms with Crippen LogP contribution in [0, 0.1) is 5.92 Å². The van der Waals surface area contributed by atoms with E-state index in [2.05, 4.69) is 0 Å². The minimum Gasteiger partial charge on any atom is -0.493 e. The summed E-state index contributed by atoms with van der Waals surface area (Å²) in [6, 6.07) is 9.36. The summed E-state index contributed by atoms with van der Waals surface area (Å²) < 4.78 is 15.9. The van der Waals surface area contributed by atoms with Gasteiger partial charge in [-0.3, -0.25) is 9.59 Å². The van der Waals surface area contributed by atoms with Crippen LogP contribution in [-0.2, 0) is 22.6 Å². The molecule has 2 aromatic rings. The number of hydrogen-bond donors (Lipinski definition) is 0. The molecule has 3 rings (SSSR count). The van der Waals surface area contributed by atoms with E-state index in [1.54, 1.807) is 43.4 Å². The number of hydrogen-bond acceptors (Lipinski definition) is 5. The topological polar surface area (TPSA) is 72.2 Å². The molecule has 0 bridgehead atoms. The molecule has 1 aliphatic heterocycles. The molecule has 28 heavy (non-hydrogen) atoms. The fraction of sp³-hybridized carbons (Fsp3) is 0.429. The van der Waals surface area contributed by atoms with Crippen LogP contribution in [0.4, 0.5) is 0 Å². The largest absolute Gasteiger partial charge is 0.493 e. The molecule has 7 heteroatoms. The summed E-state index contributed by atoms with van der Waals surface area (Å²) in [5, 5.41) is 0. The van der Waals surface area contributed by atoms with E-state index in [4.69, 9.17) is 13.9 Å².